The summed E-state index contributed by atoms with van der Waals surface area (Å²) in [5, 5.41) is 15.1. The number of aryl methyl sites for hydroxylation is 1. The normalized spacial score (nSPS) is 18.5. The SMILES string of the molecule is CC(C)c1nn(C)c(Cl)c1C(O)C1CC1. The van der Waals surface area contributed by atoms with Crippen LogP contribution >= 0.6 is 11.6 Å². The average Bonchev–Trinajstić information content (AvgIpc) is 2.95. The van der Waals surface area contributed by atoms with Crippen molar-refractivity contribution in [2.45, 2.75) is 38.7 Å². The third kappa shape index (κ3) is 1.91. The monoisotopic (exact) mass is 228 g/mol. The van der Waals surface area contributed by atoms with E-state index in [-0.39, 0.29) is 0 Å². The molecule has 1 unspecified atom stereocenters. The van der Waals surface area contributed by atoms with Crippen LogP contribution in [0.15, 0.2) is 0 Å². The fourth-order valence-electron chi connectivity index (χ4n) is 1.89. The Morgan fingerprint density at radius 1 is 1.47 bits per heavy atom. The maximum atomic E-state index is 10.1. The summed E-state index contributed by atoms with van der Waals surface area (Å²) in [5.41, 5.74) is 1.78. The molecule has 0 saturated heterocycles. The van der Waals surface area contributed by atoms with E-state index in [0.29, 0.717) is 17.0 Å². The van der Waals surface area contributed by atoms with Crippen molar-refractivity contribution in [1.82, 2.24) is 9.78 Å². The summed E-state index contributed by atoms with van der Waals surface area (Å²) in [6.45, 7) is 4.14. The molecule has 1 N–H and O–H groups in total. The van der Waals surface area contributed by atoms with Crippen molar-refractivity contribution in [2.75, 3.05) is 0 Å². The number of nitrogens with zero attached hydrogens (tertiary/aromatic N) is 2. The Labute approximate surface area is 95.0 Å². The lowest BCUT2D eigenvalue weighted by atomic mass is 10.00. The Hall–Kier alpha value is -0.540. The molecule has 0 spiro atoms. The van der Waals surface area contributed by atoms with Gasteiger partial charge < -0.3 is 5.11 Å². The van der Waals surface area contributed by atoms with Crippen molar-refractivity contribution in [3.05, 3.63) is 16.4 Å². The van der Waals surface area contributed by atoms with Gasteiger partial charge in [-0.25, -0.2) is 0 Å². The standard InChI is InChI=1S/C11H17ClN2O/c1-6(2)9-8(10(15)7-4-5-7)11(12)14(3)13-9/h6-7,10,15H,4-5H2,1-3H3. The number of aliphatic hydroxyl groups is 1. The Morgan fingerprint density at radius 3 is 2.53 bits per heavy atom. The fourth-order valence-corrected chi connectivity index (χ4v) is 2.13. The summed E-state index contributed by atoms with van der Waals surface area (Å²) in [6.07, 6.45) is 1.78. The predicted octanol–water partition coefficient (Wildman–Crippen LogP) is 2.64. The first-order valence-electron chi connectivity index (χ1n) is 5.42. The molecule has 1 aromatic heterocycles. The Balaban J connectivity index is 2.41. The van der Waals surface area contributed by atoms with Gasteiger partial charge in [-0.1, -0.05) is 25.4 Å². The molecule has 1 aliphatic rings. The molecule has 4 heteroatoms. The summed E-state index contributed by atoms with van der Waals surface area (Å²) in [7, 11) is 1.82. The van der Waals surface area contributed by atoms with Gasteiger partial charge in [0.1, 0.15) is 5.15 Å². The van der Waals surface area contributed by atoms with Gasteiger partial charge in [-0.3, -0.25) is 4.68 Å². The first-order chi connectivity index (χ1) is 7.02. The van der Waals surface area contributed by atoms with E-state index in [4.69, 9.17) is 11.6 Å². The van der Waals surface area contributed by atoms with Crippen molar-refractivity contribution < 1.29 is 5.11 Å². The largest absolute Gasteiger partial charge is 0.388 e. The van der Waals surface area contributed by atoms with Gasteiger partial charge >= 0.3 is 0 Å². The van der Waals surface area contributed by atoms with E-state index in [0.717, 1.165) is 24.1 Å². The number of halogens is 1. The molecule has 0 aliphatic heterocycles. The number of hydrogen-bond acceptors (Lipinski definition) is 2. The summed E-state index contributed by atoms with van der Waals surface area (Å²) in [5.74, 6) is 0.691. The molecule has 1 aliphatic carbocycles. The maximum absolute atomic E-state index is 10.1. The van der Waals surface area contributed by atoms with Gasteiger partial charge in [0.15, 0.2) is 0 Å². The average molecular weight is 229 g/mol. The minimum Gasteiger partial charge on any atom is -0.388 e. The van der Waals surface area contributed by atoms with Crippen LogP contribution in [-0.4, -0.2) is 14.9 Å². The second kappa shape index (κ2) is 3.80. The van der Waals surface area contributed by atoms with Crippen LogP contribution in [0.5, 0.6) is 0 Å². The first-order valence-corrected chi connectivity index (χ1v) is 5.80. The van der Waals surface area contributed by atoms with E-state index in [1.165, 1.54) is 0 Å². The number of aromatic nitrogens is 2. The molecule has 3 nitrogen and oxygen atoms in total. The molecule has 0 radical (unpaired) electrons. The third-order valence-electron chi connectivity index (χ3n) is 2.95. The molecule has 1 atom stereocenters. The summed E-state index contributed by atoms with van der Waals surface area (Å²) in [4.78, 5) is 0. The maximum Gasteiger partial charge on any atom is 0.132 e. The van der Waals surface area contributed by atoms with Crippen LogP contribution in [0.3, 0.4) is 0 Å². The quantitative estimate of drug-likeness (QED) is 0.864. The van der Waals surface area contributed by atoms with E-state index in [2.05, 4.69) is 18.9 Å². The van der Waals surface area contributed by atoms with Crippen LogP contribution in [0, 0.1) is 5.92 Å². The first kappa shape index (κ1) is 11.0. The highest BCUT2D eigenvalue weighted by molar-refractivity contribution is 6.30. The molecule has 2 rings (SSSR count). The van der Waals surface area contributed by atoms with Gasteiger partial charge in [-0.2, -0.15) is 5.10 Å². The second-order valence-electron chi connectivity index (χ2n) is 4.65. The van der Waals surface area contributed by atoms with Crippen LogP contribution in [0.25, 0.3) is 0 Å². The molecule has 1 saturated carbocycles. The van der Waals surface area contributed by atoms with Gasteiger partial charge in [0, 0.05) is 12.6 Å². The summed E-state index contributed by atoms with van der Waals surface area (Å²) >= 11 is 6.17. The van der Waals surface area contributed by atoms with E-state index in [9.17, 15) is 5.11 Å². The summed E-state index contributed by atoms with van der Waals surface area (Å²) < 4.78 is 1.65. The molecular formula is C11H17ClN2O. The molecular weight excluding hydrogens is 212 g/mol. The Kier molecular flexibility index (Phi) is 2.77. The Bertz CT molecular complexity index is 369. The van der Waals surface area contributed by atoms with Gasteiger partial charge in [0.25, 0.3) is 0 Å². The van der Waals surface area contributed by atoms with Crippen molar-refractivity contribution >= 4 is 11.6 Å². The minimum atomic E-state index is -0.427. The number of rotatable bonds is 3. The van der Waals surface area contributed by atoms with Crippen LogP contribution in [0.2, 0.25) is 5.15 Å². The molecule has 1 fully saturated rings. The molecule has 15 heavy (non-hydrogen) atoms. The number of hydrogen-bond donors (Lipinski definition) is 1. The lowest BCUT2D eigenvalue weighted by molar-refractivity contribution is 0.152. The van der Waals surface area contributed by atoms with E-state index >= 15 is 0 Å². The zero-order valence-electron chi connectivity index (χ0n) is 9.37. The van der Waals surface area contributed by atoms with Crippen molar-refractivity contribution in [1.29, 1.82) is 0 Å². The topological polar surface area (TPSA) is 38.0 Å². The zero-order chi connectivity index (χ0) is 11.2. The molecule has 0 bridgehead atoms. The molecule has 1 heterocycles. The van der Waals surface area contributed by atoms with Gasteiger partial charge in [0.2, 0.25) is 0 Å². The molecule has 1 aromatic rings. The molecule has 0 amide bonds. The lowest BCUT2D eigenvalue weighted by Gasteiger charge is -2.11. The van der Waals surface area contributed by atoms with Gasteiger partial charge in [0.05, 0.1) is 11.8 Å². The highest BCUT2D eigenvalue weighted by Gasteiger charge is 2.35. The predicted molar refractivity (Wildman–Crippen MR) is 60.0 cm³/mol. The van der Waals surface area contributed by atoms with Gasteiger partial charge in [-0.15, -0.1) is 0 Å². The van der Waals surface area contributed by atoms with Gasteiger partial charge in [-0.05, 0) is 24.7 Å². The van der Waals surface area contributed by atoms with E-state index in [1.807, 2.05) is 7.05 Å². The van der Waals surface area contributed by atoms with Crippen LogP contribution in [0.4, 0.5) is 0 Å². The number of aliphatic hydroxyl groups excluding tert-OH is 1. The lowest BCUT2D eigenvalue weighted by Crippen LogP contribution is -2.04. The van der Waals surface area contributed by atoms with Crippen LogP contribution < -0.4 is 0 Å². The van der Waals surface area contributed by atoms with E-state index in [1.54, 1.807) is 4.68 Å². The summed E-state index contributed by atoms with van der Waals surface area (Å²) in [6, 6.07) is 0. The Morgan fingerprint density at radius 2 is 2.07 bits per heavy atom. The van der Waals surface area contributed by atoms with Crippen LogP contribution in [-0.2, 0) is 7.05 Å². The molecule has 0 aromatic carbocycles. The van der Waals surface area contributed by atoms with Crippen LogP contribution in [0.1, 0.15) is 50.0 Å². The minimum absolute atomic E-state index is 0.298. The third-order valence-corrected chi connectivity index (χ3v) is 3.40. The highest BCUT2D eigenvalue weighted by Crippen LogP contribution is 2.44. The van der Waals surface area contributed by atoms with Crippen molar-refractivity contribution in [2.24, 2.45) is 13.0 Å². The second-order valence-corrected chi connectivity index (χ2v) is 5.01. The molecule has 84 valence electrons. The van der Waals surface area contributed by atoms with E-state index < -0.39 is 6.10 Å². The highest BCUT2D eigenvalue weighted by atomic mass is 35.5. The van der Waals surface area contributed by atoms with Crippen molar-refractivity contribution in [3.8, 4) is 0 Å². The smallest absolute Gasteiger partial charge is 0.132 e. The van der Waals surface area contributed by atoms with Crippen molar-refractivity contribution in [3.63, 3.8) is 0 Å². The fraction of sp³-hybridized carbons (Fsp3) is 0.727. The zero-order valence-corrected chi connectivity index (χ0v) is 10.1.